The third-order valence-corrected chi connectivity index (χ3v) is 5.29. The number of amides is 2. The van der Waals surface area contributed by atoms with Crippen molar-refractivity contribution in [1.29, 1.82) is 0 Å². The maximum atomic E-state index is 12.5. The number of nitrogens with zero attached hydrogens (tertiary/aromatic N) is 1. The van der Waals surface area contributed by atoms with Gasteiger partial charge in [0.2, 0.25) is 17.6 Å². The van der Waals surface area contributed by atoms with Crippen LogP contribution in [0.1, 0.15) is 18.6 Å². The summed E-state index contributed by atoms with van der Waals surface area (Å²) in [6, 6.07) is 7.00. The van der Waals surface area contributed by atoms with Gasteiger partial charge >= 0.3 is 0 Å². The Bertz CT molecular complexity index is 850. The van der Waals surface area contributed by atoms with Crippen LogP contribution in [0.25, 0.3) is 0 Å². The number of carbonyl (C=O) groups is 2. The number of anilines is 1. The highest BCUT2D eigenvalue weighted by molar-refractivity contribution is 5.93. The number of ether oxygens (including phenoxy) is 3. The second-order valence-electron chi connectivity index (χ2n) is 7.31. The number of hydrogen-bond acceptors (Lipinski definition) is 7. The van der Waals surface area contributed by atoms with Crippen LogP contribution in [0.3, 0.4) is 0 Å². The molecule has 1 aliphatic heterocycles. The number of hydrogen-bond donors (Lipinski definition) is 2. The van der Waals surface area contributed by atoms with Crippen LogP contribution in [0, 0.1) is 5.92 Å². The summed E-state index contributed by atoms with van der Waals surface area (Å²) in [5.41, 5.74) is 0.562. The average Bonchev–Trinajstić information content (AvgIpc) is 3.30. The summed E-state index contributed by atoms with van der Waals surface area (Å²) < 4.78 is 21.2. The van der Waals surface area contributed by atoms with Crippen molar-refractivity contribution in [2.45, 2.75) is 19.4 Å². The predicted molar refractivity (Wildman–Crippen MR) is 114 cm³/mol. The molecule has 168 valence electrons. The van der Waals surface area contributed by atoms with Crippen LogP contribution in [0.2, 0.25) is 0 Å². The van der Waals surface area contributed by atoms with Crippen LogP contribution < -0.4 is 24.8 Å². The Morgan fingerprint density at radius 2 is 1.77 bits per heavy atom. The van der Waals surface area contributed by atoms with Gasteiger partial charge in [0.1, 0.15) is 5.76 Å². The number of nitrogens with one attached hydrogen (secondary N) is 2. The second kappa shape index (κ2) is 10.7. The lowest BCUT2D eigenvalue weighted by molar-refractivity contribution is -0.126. The summed E-state index contributed by atoms with van der Waals surface area (Å²) in [7, 11) is 4.58. The van der Waals surface area contributed by atoms with Gasteiger partial charge in [0.15, 0.2) is 11.5 Å². The van der Waals surface area contributed by atoms with Crippen LogP contribution in [0.5, 0.6) is 17.2 Å². The van der Waals surface area contributed by atoms with E-state index in [-0.39, 0.29) is 24.3 Å². The lowest BCUT2D eigenvalue weighted by Gasteiger charge is -2.30. The van der Waals surface area contributed by atoms with E-state index < -0.39 is 0 Å². The SMILES string of the molecule is COc1cc(NC(=O)CN2CCC(C(=O)NCc3ccco3)CC2)cc(OC)c1OC. The van der Waals surface area contributed by atoms with Crippen LogP contribution in [0.15, 0.2) is 34.9 Å². The predicted octanol–water partition coefficient (Wildman–Crippen LogP) is 2.27. The fourth-order valence-corrected chi connectivity index (χ4v) is 3.64. The standard InChI is InChI=1S/C22H29N3O6/c1-28-18-11-16(12-19(29-2)21(18)30-3)24-20(26)14-25-8-6-15(7-9-25)22(27)23-13-17-5-4-10-31-17/h4-5,10-12,15H,6-9,13-14H2,1-3H3,(H,23,27)(H,24,26). The van der Waals surface area contributed by atoms with Gasteiger partial charge in [-0.1, -0.05) is 0 Å². The number of likely N-dealkylation sites (tertiary alicyclic amines) is 1. The maximum Gasteiger partial charge on any atom is 0.238 e. The van der Waals surface area contributed by atoms with Crippen molar-refractivity contribution in [1.82, 2.24) is 10.2 Å². The van der Waals surface area contributed by atoms with E-state index in [0.717, 1.165) is 5.76 Å². The molecule has 1 aromatic heterocycles. The lowest BCUT2D eigenvalue weighted by atomic mass is 9.96. The largest absolute Gasteiger partial charge is 0.493 e. The zero-order valence-electron chi connectivity index (χ0n) is 18.1. The highest BCUT2D eigenvalue weighted by Gasteiger charge is 2.26. The van der Waals surface area contributed by atoms with E-state index >= 15 is 0 Å². The quantitative estimate of drug-likeness (QED) is 0.628. The van der Waals surface area contributed by atoms with Gasteiger partial charge in [-0.3, -0.25) is 14.5 Å². The molecule has 1 fully saturated rings. The minimum atomic E-state index is -0.144. The molecule has 0 bridgehead atoms. The van der Waals surface area contributed by atoms with Gasteiger partial charge in [0.25, 0.3) is 0 Å². The Morgan fingerprint density at radius 3 is 2.32 bits per heavy atom. The molecular weight excluding hydrogens is 402 g/mol. The van der Waals surface area contributed by atoms with E-state index in [4.69, 9.17) is 18.6 Å². The van der Waals surface area contributed by atoms with E-state index in [9.17, 15) is 9.59 Å². The lowest BCUT2D eigenvalue weighted by Crippen LogP contribution is -2.43. The Labute approximate surface area is 181 Å². The van der Waals surface area contributed by atoms with Crippen molar-refractivity contribution in [3.8, 4) is 17.2 Å². The molecule has 9 heteroatoms. The topological polar surface area (TPSA) is 102 Å². The highest BCUT2D eigenvalue weighted by atomic mass is 16.5. The van der Waals surface area contributed by atoms with Gasteiger partial charge in [-0.2, -0.15) is 0 Å². The Morgan fingerprint density at radius 1 is 1.10 bits per heavy atom. The summed E-state index contributed by atoms with van der Waals surface area (Å²) in [4.78, 5) is 26.9. The fraction of sp³-hybridized carbons (Fsp3) is 0.455. The van der Waals surface area contributed by atoms with E-state index in [1.165, 1.54) is 21.3 Å². The Balaban J connectivity index is 1.47. The summed E-state index contributed by atoms with van der Waals surface area (Å²) in [6.07, 6.45) is 3.01. The molecule has 0 radical (unpaired) electrons. The van der Waals surface area contributed by atoms with Crippen LogP contribution in [0.4, 0.5) is 5.69 Å². The molecular formula is C22H29N3O6. The van der Waals surface area contributed by atoms with Crippen molar-refractivity contribution >= 4 is 17.5 Å². The zero-order chi connectivity index (χ0) is 22.2. The van der Waals surface area contributed by atoms with Crippen LogP contribution >= 0.6 is 0 Å². The molecule has 0 aliphatic carbocycles. The maximum absolute atomic E-state index is 12.5. The first-order chi connectivity index (χ1) is 15.0. The second-order valence-corrected chi connectivity index (χ2v) is 7.31. The first-order valence-corrected chi connectivity index (χ1v) is 10.2. The monoisotopic (exact) mass is 431 g/mol. The molecule has 2 N–H and O–H groups in total. The van der Waals surface area contributed by atoms with Gasteiger partial charge in [0.05, 0.1) is 40.7 Å². The van der Waals surface area contributed by atoms with E-state index in [1.54, 1.807) is 24.5 Å². The van der Waals surface area contributed by atoms with Gasteiger partial charge < -0.3 is 29.3 Å². The fourth-order valence-electron chi connectivity index (χ4n) is 3.64. The molecule has 2 amide bonds. The molecule has 9 nitrogen and oxygen atoms in total. The molecule has 0 atom stereocenters. The summed E-state index contributed by atoms with van der Waals surface area (Å²) in [6.45, 7) is 2.00. The van der Waals surface area contributed by atoms with Gasteiger partial charge in [-0.05, 0) is 38.1 Å². The normalized spacial score (nSPS) is 14.7. The van der Waals surface area contributed by atoms with Crippen molar-refractivity contribution in [2.75, 3.05) is 46.3 Å². The number of methoxy groups -OCH3 is 3. The summed E-state index contributed by atoms with van der Waals surface area (Å²) >= 11 is 0. The molecule has 0 spiro atoms. The van der Waals surface area contributed by atoms with Crippen molar-refractivity contribution in [2.24, 2.45) is 5.92 Å². The summed E-state index contributed by atoms with van der Waals surface area (Å²) in [5, 5.41) is 5.78. The number of rotatable bonds is 9. The average molecular weight is 431 g/mol. The molecule has 1 aliphatic rings. The number of furan rings is 1. The molecule has 0 saturated carbocycles. The van der Waals surface area contributed by atoms with Crippen molar-refractivity contribution in [3.05, 3.63) is 36.3 Å². The molecule has 31 heavy (non-hydrogen) atoms. The Kier molecular flexibility index (Phi) is 7.77. The van der Waals surface area contributed by atoms with Crippen molar-refractivity contribution < 1.29 is 28.2 Å². The zero-order valence-corrected chi connectivity index (χ0v) is 18.1. The minimum Gasteiger partial charge on any atom is -0.493 e. The van der Waals surface area contributed by atoms with Crippen LogP contribution in [-0.2, 0) is 16.1 Å². The minimum absolute atomic E-state index is 0.0259. The molecule has 1 aromatic carbocycles. The molecule has 2 heterocycles. The third kappa shape index (κ3) is 5.91. The molecule has 3 rings (SSSR count). The number of benzene rings is 1. The molecule has 0 unspecified atom stereocenters. The van der Waals surface area contributed by atoms with E-state index in [2.05, 4.69) is 10.6 Å². The highest BCUT2D eigenvalue weighted by Crippen LogP contribution is 2.39. The molecule has 1 saturated heterocycles. The Hall–Kier alpha value is -3.20. The number of carbonyl (C=O) groups excluding carboxylic acids is 2. The first-order valence-electron chi connectivity index (χ1n) is 10.2. The smallest absolute Gasteiger partial charge is 0.238 e. The number of piperidine rings is 1. The van der Waals surface area contributed by atoms with Gasteiger partial charge in [-0.25, -0.2) is 0 Å². The van der Waals surface area contributed by atoms with Crippen molar-refractivity contribution in [3.63, 3.8) is 0 Å². The summed E-state index contributed by atoms with van der Waals surface area (Å²) in [5.74, 6) is 1.97. The molecule has 2 aromatic rings. The van der Waals surface area contributed by atoms with E-state index in [1.807, 2.05) is 11.0 Å². The third-order valence-electron chi connectivity index (χ3n) is 5.29. The van der Waals surface area contributed by atoms with Crippen LogP contribution in [-0.4, -0.2) is 57.7 Å². The van der Waals surface area contributed by atoms with E-state index in [0.29, 0.717) is 55.4 Å². The first kappa shape index (κ1) is 22.5. The van der Waals surface area contributed by atoms with Gasteiger partial charge in [-0.15, -0.1) is 0 Å². The van der Waals surface area contributed by atoms with Gasteiger partial charge in [0, 0.05) is 23.7 Å².